The standard InChI is InChI=1S/C19H19F4NO4/c1-8(5-24)17(25)11-12(19(11,2)3)18(26)28-7-10-15(22)13(20)9(6-27-4)14(21)16(10)23/h11-12,17,25H,1,6-7H2,2-4H3/t11-,12+,17?/m1/s1. The van der Waals surface area contributed by atoms with Crippen molar-refractivity contribution in [3.63, 3.8) is 0 Å². The second kappa shape index (κ2) is 7.89. The molecule has 0 aliphatic heterocycles. The van der Waals surface area contributed by atoms with Gasteiger partial charge in [-0.1, -0.05) is 20.4 Å². The Balaban J connectivity index is 2.18. The lowest BCUT2D eigenvalue weighted by Gasteiger charge is -2.12. The lowest BCUT2D eigenvalue weighted by Crippen LogP contribution is -2.18. The number of ether oxygens (including phenoxy) is 2. The maximum atomic E-state index is 14.1. The molecule has 1 aromatic carbocycles. The van der Waals surface area contributed by atoms with Crippen LogP contribution in [0.15, 0.2) is 12.2 Å². The minimum atomic E-state index is -1.68. The van der Waals surface area contributed by atoms with Gasteiger partial charge >= 0.3 is 5.97 Å². The van der Waals surface area contributed by atoms with Crippen LogP contribution in [0.4, 0.5) is 17.6 Å². The van der Waals surface area contributed by atoms with E-state index >= 15 is 0 Å². The summed E-state index contributed by atoms with van der Waals surface area (Å²) in [5, 5.41) is 18.9. The summed E-state index contributed by atoms with van der Waals surface area (Å²) in [5.41, 5.74) is -2.87. The Kier molecular flexibility index (Phi) is 6.16. The number of aliphatic hydroxyl groups is 1. The summed E-state index contributed by atoms with van der Waals surface area (Å²) < 4.78 is 65.4. The van der Waals surface area contributed by atoms with Gasteiger partial charge in [0, 0.05) is 13.0 Å². The molecule has 0 amide bonds. The van der Waals surface area contributed by atoms with Crippen molar-refractivity contribution in [3.8, 4) is 6.07 Å². The van der Waals surface area contributed by atoms with Crippen LogP contribution in [-0.2, 0) is 27.5 Å². The molecular weight excluding hydrogens is 382 g/mol. The van der Waals surface area contributed by atoms with E-state index in [4.69, 9.17) is 10.00 Å². The van der Waals surface area contributed by atoms with Crippen LogP contribution in [0, 0.1) is 51.9 Å². The Bertz CT molecular complexity index is 833. The molecule has 0 bridgehead atoms. The number of rotatable bonds is 7. The lowest BCUT2D eigenvalue weighted by molar-refractivity contribution is -0.148. The van der Waals surface area contributed by atoms with Crippen LogP contribution < -0.4 is 0 Å². The zero-order valence-corrected chi connectivity index (χ0v) is 15.5. The van der Waals surface area contributed by atoms with Crippen LogP contribution >= 0.6 is 0 Å². The molecule has 3 atom stereocenters. The van der Waals surface area contributed by atoms with Crippen molar-refractivity contribution in [2.24, 2.45) is 17.3 Å². The van der Waals surface area contributed by atoms with Crippen molar-refractivity contribution in [1.82, 2.24) is 0 Å². The van der Waals surface area contributed by atoms with Crippen molar-refractivity contribution < 1.29 is 36.9 Å². The number of methoxy groups -OCH3 is 1. The molecule has 0 spiro atoms. The summed E-state index contributed by atoms with van der Waals surface area (Å²) >= 11 is 0. The average Bonchev–Trinajstić information content (AvgIpc) is 3.24. The van der Waals surface area contributed by atoms with E-state index in [0.717, 1.165) is 7.11 Å². The van der Waals surface area contributed by atoms with Gasteiger partial charge in [0.1, 0.15) is 6.61 Å². The van der Waals surface area contributed by atoms with E-state index in [1.807, 2.05) is 0 Å². The van der Waals surface area contributed by atoms with Crippen molar-refractivity contribution in [1.29, 1.82) is 5.26 Å². The van der Waals surface area contributed by atoms with E-state index in [-0.39, 0.29) is 5.57 Å². The fourth-order valence-corrected chi connectivity index (χ4v) is 3.35. The summed E-state index contributed by atoms with van der Waals surface area (Å²) in [4.78, 5) is 12.3. The highest BCUT2D eigenvalue weighted by Gasteiger charge is 2.65. The van der Waals surface area contributed by atoms with Gasteiger partial charge in [0.05, 0.1) is 41.4 Å². The number of halogens is 4. The molecule has 1 aromatic rings. The van der Waals surface area contributed by atoms with Crippen LogP contribution in [0.1, 0.15) is 25.0 Å². The second-order valence-electron chi connectivity index (χ2n) is 7.16. The van der Waals surface area contributed by atoms with Gasteiger partial charge in [-0.3, -0.25) is 4.79 Å². The smallest absolute Gasteiger partial charge is 0.310 e. The predicted molar refractivity (Wildman–Crippen MR) is 88.3 cm³/mol. The summed E-state index contributed by atoms with van der Waals surface area (Å²) in [6.07, 6.45) is -1.28. The van der Waals surface area contributed by atoms with Gasteiger partial charge in [0.15, 0.2) is 23.3 Å². The maximum Gasteiger partial charge on any atom is 0.310 e. The van der Waals surface area contributed by atoms with Gasteiger partial charge in [0.2, 0.25) is 0 Å². The molecule has 1 aliphatic carbocycles. The Labute approximate surface area is 159 Å². The first-order valence-corrected chi connectivity index (χ1v) is 8.26. The number of benzene rings is 1. The number of nitriles is 1. The van der Waals surface area contributed by atoms with Crippen LogP contribution in [0.3, 0.4) is 0 Å². The van der Waals surface area contributed by atoms with Gasteiger partial charge in [-0.25, -0.2) is 17.6 Å². The summed E-state index contributed by atoms with van der Waals surface area (Å²) in [5.74, 6) is -9.08. The van der Waals surface area contributed by atoms with E-state index in [9.17, 15) is 27.5 Å². The number of hydrogen-bond acceptors (Lipinski definition) is 5. The molecule has 0 saturated heterocycles. The maximum absolute atomic E-state index is 14.1. The molecule has 1 N–H and O–H groups in total. The summed E-state index contributed by atoms with van der Waals surface area (Å²) in [7, 11) is 1.10. The Morgan fingerprint density at radius 3 is 2.07 bits per heavy atom. The van der Waals surface area contributed by atoms with Gasteiger partial charge < -0.3 is 14.6 Å². The number of esters is 1. The minimum absolute atomic E-state index is 0.136. The molecule has 0 aromatic heterocycles. The van der Waals surface area contributed by atoms with Gasteiger partial charge in [0.25, 0.3) is 0 Å². The molecule has 5 nitrogen and oxygen atoms in total. The van der Waals surface area contributed by atoms with Crippen molar-refractivity contribution in [2.45, 2.75) is 33.2 Å². The first-order chi connectivity index (χ1) is 13.0. The summed E-state index contributed by atoms with van der Waals surface area (Å²) in [6, 6.07) is 1.69. The fraction of sp³-hybridized carbons (Fsp3) is 0.474. The Morgan fingerprint density at radius 2 is 1.64 bits per heavy atom. The van der Waals surface area contributed by atoms with Crippen molar-refractivity contribution in [2.75, 3.05) is 7.11 Å². The number of aliphatic hydroxyl groups excluding tert-OH is 1. The largest absolute Gasteiger partial charge is 0.460 e. The molecule has 0 radical (unpaired) electrons. The molecule has 0 heterocycles. The van der Waals surface area contributed by atoms with E-state index in [1.54, 1.807) is 19.9 Å². The molecule has 1 aliphatic rings. The number of nitrogens with zero attached hydrogens (tertiary/aromatic N) is 1. The molecule has 1 unspecified atom stereocenters. The Morgan fingerprint density at radius 1 is 1.18 bits per heavy atom. The zero-order valence-electron chi connectivity index (χ0n) is 15.5. The number of carbonyl (C=O) groups excluding carboxylic acids is 1. The van der Waals surface area contributed by atoms with E-state index in [0.29, 0.717) is 0 Å². The molecule has 2 rings (SSSR count). The van der Waals surface area contributed by atoms with Crippen molar-refractivity contribution in [3.05, 3.63) is 46.5 Å². The molecule has 9 heteroatoms. The van der Waals surface area contributed by atoms with E-state index in [1.165, 1.54) is 0 Å². The first-order valence-electron chi connectivity index (χ1n) is 8.26. The van der Waals surface area contributed by atoms with Crippen LogP contribution in [0.2, 0.25) is 0 Å². The molecule has 28 heavy (non-hydrogen) atoms. The third-order valence-electron chi connectivity index (χ3n) is 5.10. The lowest BCUT2D eigenvalue weighted by atomic mass is 10.0. The monoisotopic (exact) mass is 401 g/mol. The van der Waals surface area contributed by atoms with Gasteiger partial charge in [-0.2, -0.15) is 5.26 Å². The van der Waals surface area contributed by atoms with E-state index in [2.05, 4.69) is 11.3 Å². The third kappa shape index (κ3) is 3.62. The average molecular weight is 401 g/mol. The van der Waals surface area contributed by atoms with E-state index < -0.39 is 76.9 Å². The molecule has 1 fully saturated rings. The summed E-state index contributed by atoms with van der Waals surface area (Å²) in [6.45, 7) is 4.96. The van der Waals surface area contributed by atoms with Crippen molar-refractivity contribution >= 4 is 5.97 Å². The number of carbonyl (C=O) groups is 1. The van der Waals surface area contributed by atoms with Crippen LogP contribution in [-0.4, -0.2) is 24.3 Å². The second-order valence-corrected chi connectivity index (χ2v) is 7.16. The quantitative estimate of drug-likeness (QED) is 0.329. The van der Waals surface area contributed by atoms with Gasteiger partial charge in [-0.05, 0) is 5.41 Å². The third-order valence-corrected chi connectivity index (χ3v) is 5.10. The van der Waals surface area contributed by atoms with Crippen LogP contribution in [0.25, 0.3) is 0 Å². The first kappa shape index (κ1) is 21.9. The highest BCUT2D eigenvalue weighted by Crippen LogP contribution is 2.61. The zero-order chi connectivity index (χ0) is 21.4. The molecular formula is C19H19F4NO4. The minimum Gasteiger partial charge on any atom is -0.460 e. The molecule has 1 saturated carbocycles. The predicted octanol–water partition coefficient (Wildman–Crippen LogP) is 3.15. The van der Waals surface area contributed by atoms with Gasteiger partial charge in [-0.15, -0.1) is 0 Å². The Hall–Kier alpha value is -2.44. The topological polar surface area (TPSA) is 79.5 Å². The number of hydrogen-bond donors (Lipinski definition) is 1. The van der Waals surface area contributed by atoms with Crippen LogP contribution in [0.5, 0.6) is 0 Å². The highest BCUT2D eigenvalue weighted by atomic mass is 19.2. The normalized spacial score (nSPS) is 21.0. The SMILES string of the molecule is C=C(C#N)C(O)[C@H]1[C@@H](C(=O)OCc2c(F)c(F)c(COC)c(F)c2F)C1(C)C. The molecule has 152 valence electrons. The fourth-order valence-electron chi connectivity index (χ4n) is 3.35. The highest BCUT2D eigenvalue weighted by molar-refractivity contribution is 5.78.